The van der Waals surface area contributed by atoms with Gasteiger partial charge in [0.05, 0.1) is 7.11 Å². The number of hydrogen-bond donors (Lipinski definition) is 1. The van der Waals surface area contributed by atoms with Gasteiger partial charge in [-0.1, -0.05) is 17.7 Å². The minimum atomic E-state index is 0.355. The molecule has 1 aliphatic heterocycles. The Morgan fingerprint density at radius 3 is 2.94 bits per heavy atom. The average molecular weight is 251 g/mol. The number of aryl methyl sites for hydroxylation is 1. The maximum atomic E-state index is 5.44. The second kappa shape index (κ2) is 5.78. The Balaban J connectivity index is 2.11. The van der Waals surface area contributed by atoms with E-state index < -0.39 is 0 Å². The van der Waals surface area contributed by atoms with Crippen LogP contribution in [0.15, 0.2) is 18.2 Å². The van der Waals surface area contributed by atoms with Gasteiger partial charge in [-0.15, -0.1) is 0 Å². The largest absolute Gasteiger partial charge is 0.496 e. The molecular formula is C14H21NOS. The van der Waals surface area contributed by atoms with Crippen molar-refractivity contribution in [3.8, 4) is 5.75 Å². The fourth-order valence-electron chi connectivity index (χ4n) is 2.30. The van der Waals surface area contributed by atoms with Crippen LogP contribution in [0.4, 0.5) is 0 Å². The van der Waals surface area contributed by atoms with E-state index in [1.807, 2.05) is 11.8 Å². The van der Waals surface area contributed by atoms with Gasteiger partial charge in [0.2, 0.25) is 0 Å². The molecule has 1 heterocycles. The molecule has 0 saturated carbocycles. The Hall–Kier alpha value is -0.670. The van der Waals surface area contributed by atoms with Crippen molar-refractivity contribution >= 4 is 11.8 Å². The fraction of sp³-hybridized carbons (Fsp3) is 0.571. The molecule has 1 aliphatic rings. The van der Waals surface area contributed by atoms with Crippen molar-refractivity contribution in [1.82, 2.24) is 5.32 Å². The van der Waals surface area contributed by atoms with Crippen molar-refractivity contribution in [2.45, 2.75) is 32.4 Å². The van der Waals surface area contributed by atoms with Crippen molar-refractivity contribution in [1.29, 1.82) is 0 Å². The minimum Gasteiger partial charge on any atom is -0.496 e. The van der Waals surface area contributed by atoms with Crippen LogP contribution in [0.3, 0.4) is 0 Å². The zero-order valence-corrected chi connectivity index (χ0v) is 11.6. The van der Waals surface area contributed by atoms with E-state index in [2.05, 4.69) is 37.4 Å². The summed E-state index contributed by atoms with van der Waals surface area (Å²) in [4.78, 5) is 0. The topological polar surface area (TPSA) is 21.3 Å². The summed E-state index contributed by atoms with van der Waals surface area (Å²) < 4.78 is 5.44. The van der Waals surface area contributed by atoms with Crippen LogP contribution in [0.25, 0.3) is 0 Å². The highest BCUT2D eigenvalue weighted by atomic mass is 32.2. The molecule has 0 spiro atoms. The Bertz CT molecular complexity index is 374. The van der Waals surface area contributed by atoms with Gasteiger partial charge in [0.15, 0.2) is 0 Å². The normalized spacial score (nSPS) is 21.5. The van der Waals surface area contributed by atoms with Crippen LogP contribution in [0.2, 0.25) is 0 Å². The van der Waals surface area contributed by atoms with Gasteiger partial charge in [0.25, 0.3) is 0 Å². The number of rotatable bonds is 4. The molecule has 3 heteroatoms. The van der Waals surface area contributed by atoms with Crippen LogP contribution in [0, 0.1) is 6.92 Å². The Kier molecular flexibility index (Phi) is 4.35. The summed E-state index contributed by atoms with van der Waals surface area (Å²) in [5.74, 6) is 3.51. The van der Waals surface area contributed by atoms with E-state index in [0.29, 0.717) is 12.1 Å². The molecule has 0 aliphatic carbocycles. The highest BCUT2D eigenvalue weighted by Crippen LogP contribution is 2.28. The quantitative estimate of drug-likeness (QED) is 0.888. The smallest absolute Gasteiger partial charge is 0.123 e. The highest BCUT2D eigenvalue weighted by Gasteiger charge is 2.19. The second-order valence-corrected chi connectivity index (χ2v) is 5.84. The predicted octanol–water partition coefficient (Wildman–Crippen LogP) is 3.16. The summed E-state index contributed by atoms with van der Waals surface area (Å²) in [6, 6.07) is 7.39. The van der Waals surface area contributed by atoms with Gasteiger partial charge < -0.3 is 10.1 Å². The van der Waals surface area contributed by atoms with E-state index in [0.717, 1.165) is 5.75 Å². The zero-order valence-electron chi connectivity index (χ0n) is 10.8. The molecule has 2 rings (SSSR count). The van der Waals surface area contributed by atoms with Gasteiger partial charge in [-0.25, -0.2) is 0 Å². The molecule has 17 heavy (non-hydrogen) atoms. The second-order valence-electron chi connectivity index (χ2n) is 4.69. The lowest BCUT2D eigenvalue weighted by atomic mass is 10.0. The van der Waals surface area contributed by atoms with Crippen LogP contribution in [0.5, 0.6) is 5.75 Å². The van der Waals surface area contributed by atoms with Gasteiger partial charge in [0, 0.05) is 23.4 Å². The van der Waals surface area contributed by atoms with Gasteiger partial charge in [0.1, 0.15) is 5.75 Å². The maximum Gasteiger partial charge on any atom is 0.123 e. The first-order valence-corrected chi connectivity index (χ1v) is 7.34. The molecule has 1 saturated heterocycles. The summed E-state index contributed by atoms with van der Waals surface area (Å²) in [5.41, 5.74) is 2.56. The van der Waals surface area contributed by atoms with E-state index >= 15 is 0 Å². The summed E-state index contributed by atoms with van der Waals surface area (Å²) in [7, 11) is 1.74. The molecular weight excluding hydrogens is 230 g/mol. The van der Waals surface area contributed by atoms with Crippen LogP contribution in [0.1, 0.15) is 30.5 Å². The number of methoxy groups -OCH3 is 1. The molecule has 1 fully saturated rings. The third-order valence-corrected chi connectivity index (χ3v) is 4.43. The van der Waals surface area contributed by atoms with Crippen molar-refractivity contribution in [2.75, 3.05) is 18.6 Å². The van der Waals surface area contributed by atoms with E-state index in [9.17, 15) is 0 Å². The monoisotopic (exact) mass is 251 g/mol. The molecule has 0 amide bonds. The third-order valence-electron chi connectivity index (χ3n) is 3.27. The fourth-order valence-corrected chi connectivity index (χ4v) is 3.47. The van der Waals surface area contributed by atoms with E-state index in [4.69, 9.17) is 4.74 Å². The molecule has 94 valence electrons. The van der Waals surface area contributed by atoms with Gasteiger partial charge in [-0.05, 0) is 32.1 Å². The molecule has 1 aromatic carbocycles. The standard InChI is InChI=1S/C14H21NOS/c1-10-4-5-14(16-3)13(8-10)11(2)15-12-6-7-17-9-12/h4-5,8,11-12,15H,6-7,9H2,1-3H3. The molecule has 1 N–H and O–H groups in total. The predicted molar refractivity (Wildman–Crippen MR) is 75.0 cm³/mol. The Morgan fingerprint density at radius 2 is 2.29 bits per heavy atom. The highest BCUT2D eigenvalue weighted by molar-refractivity contribution is 7.99. The SMILES string of the molecule is COc1ccc(C)cc1C(C)NC1CCSC1. The summed E-state index contributed by atoms with van der Waals surface area (Å²) >= 11 is 2.04. The summed E-state index contributed by atoms with van der Waals surface area (Å²) in [6.45, 7) is 4.35. The first kappa shape index (κ1) is 12.8. The van der Waals surface area contributed by atoms with Crippen molar-refractivity contribution in [3.05, 3.63) is 29.3 Å². The zero-order chi connectivity index (χ0) is 12.3. The van der Waals surface area contributed by atoms with E-state index in [-0.39, 0.29) is 0 Å². The lowest BCUT2D eigenvalue weighted by Crippen LogP contribution is -2.31. The van der Waals surface area contributed by atoms with Crippen molar-refractivity contribution in [2.24, 2.45) is 0 Å². The van der Waals surface area contributed by atoms with Crippen LogP contribution >= 0.6 is 11.8 Å². The van der Waals surface area contributed by atoms with Crippen LogP contribution in [-0.4, -0.2) is 24.7 Å². The number of nitrogens with one attached hydrogen (secondary N) is 1. The van der Waals surface area contributed by atoms with Crippen molar-refractivity contribution < 1.29 is 4.74 Å². The molecule has 1 aromatic rings. The Morgan fingerprint density at radius 1 is 1.47 bits per heavy atom. The molecule has 0 radical (unpaired) electrons. The molecule has 0 aromatic heterocycles. The molecule has 0 bridgehead atoms. The minimum absolute atomic E-state index is 0.355. The molecule has 2 atom stereocenters. The van der Waals surface area contributed by atoms with E-state index in [1.165, 1.54) is 29.1 Å². The number of ether oxygens (including phenoxy) is 1. The number of thioether (sulfide) groups is 1. The lowest BCUT2D eigenvalue weighted by Gasteiger charge is -2.21. The van der Waals surface area contributed by atoms with Gasteiger partial charge in [-0.3, -0.25) is 0 Å². The molecule has 2 unspecified atom stereocenters. The summed E-state index contributed by atoms with van der Waals surface area (Å²) in [6.07, 6.45) is 1.28. The summed E-state index contributed by atoms with van der Waals surface area (Å²) in [5, 5.41) is 3.70. The van der Waals surface area contributed by atoms with Crippen LogP contribution in [-0.2, 0) is 0 Å². The Labute approximate surface area is 108 Å². The third kappa shape index (κ3) is 3.17. The van der Waals surface area contributed by atoms with E-state index in [1.54, 1.807) is 7.11 Å². The van der Waals surface area contributed by atoms with Crippen LogP contribution < -0.4 is 10.1 Å². The molecule has 2 nitrogen and oxygen atoms in total. The average Bonchev–Trinajstić information content (AvgIpc) is 2.81. The first-order valence-electron chi connectivity index (χ1n) is 6.19. The van der Waals surface area contributed by atoms with Gasteiger partial charge in [-0.2, -0.15) is 11.8 Å². The number of hydrogen-bond acceptors (Lipinski definition) is 3. The first-order chi connectivity index (χ1) is 8.20. The maximum absolute atomic E-state index is 5.44. The lowest BCUT2D eigenvalue weighted by molar-refractivity contribution is 0.396. The number of benzene rings is 1. The van der Waals surface area contributed by atoms with Crippen molar-refractivity contribution in [3.63, 3.8) is 0 Å². The van der Waals surface area contributed by atoms with Gasteiger partial charge >= 0.3 is 0 Å².